The summed E-state index contributed by atoms with van der Waals surface area (Å²) in [6, 6.07) is 0. The molecule has 0 spiro atoms. The van der Waals surface area contributed by atoms with Gasteiger partial charge in [0.1, 0.15) is 0 Å². The molecule has 0 aromatic rings. The van der Waals surface area contributed by atoms with Crippen molar-refractivity contribution >= 4 is 0 Å². The van der Waals surface area contributed by atoms with Crippen LogP contribution in [0.1, 0.15) is 33.6 Å². The Kier molecular flexibility index (Phi) is 1.15. The number of aliphatic hydroxyl groups is 1. The predicted molar refractivity (Wildman–Crippen MR) is 45.2 cm³/mol. The lowest BCUT2D eigenvalue weighted by Crippen LogP contribution is -2.63. The summed E-state index contributed by atoms with van der Waals surface area (Å²) in [4.78, 5) is 0. The average molecular weight is 152 g/mol. The van der Waals surface area contributed by atoms with E-state index in [-0.39, 0.29) is 5.41 Å². The van der Waals surface area contributed by atoms with Crippen molar-refractivity contribution in [3.05, 3.63) is 11.6 Å². The van der Waals surface area contributed by atoms with Gasteiger partial charge in [0.2, 0.25) is 0 Å². The van der Waals surface area contributed by atoms with E-state index < -0.39 is 5.60 Å². The Bertz CT molecular complexity index is 227. The van der Waals surface area contributed by atoms with E-state index in [1.165, 1.54) is 12.0 Å². The molecule has 3 rings (SSSR count). The summed E-state index contributed by atoms with van der Waals surface area (Å²) in [5.41, 5.74) is 0.854. The minimum atomic E-state index is -0.462. The van der Waals surface area contributed by atoms with Crippen molar-refractivity contribution in [3.63, 3.8) is 0 Å². The SMILES string of the molecule is CC1=CCC2CC1(O)C2(C)C. The smallest absolute Gasteiger partial charge is 0.0910 e. The molecule has 0 aromatic heterocycles. The van der Waals surface area contributed by atoms with Crippen molar-refractivity contribution in [3.8, 4) is 0 Å². The van der Waals surface area contributed by atoms with Crippen LogP contribution in [-0.4, -0.2) is 10.7 Å². The van der Waals surface area contributed by atoms with Crippen LogP contribution in [-0.2, 0) is 0 Å². The Labute approximate surface area is 68.1 Å². The number of hydrogen-bond acceptors (Lipinski definition) is 1. The van der Waals surface area contributed by atoms with E-state index in [9.17, 15) is 5.11 Å². The zero-order chi connectivity index (χ0) is 8.28. The molecule has 62 valence electrons. The summed E-state index contributed by atoms with van der Waals surface area (Å²) in [6.45, 7) is 6.41. The second-order valence-electron chi connectivity index (χ2n) is 4.61. The molecule has 1 fully saturated rings. The summed E-state index contributed by atoms with van der Waals surface area (Å²) in [5, 5.41) is 10.2. The molecule has 11 heavy (non-hydrogen) atoms. The van der Waals surface area contributed by atoms with E-state index in [1.807, 2.05) is 0 Å². The van der Waals surface area contributed by atoms with Crippen LogP contribution in [0.2, 0.25) is 0 Å². The molecule has 0 heterocycles. The molecule has 0 aromatic carbocycles. The van der Waals surface area contributed by atoms with Gasteiger partial charge in [0.25, 0.3) is 0 Å². The monoisotopic (exact) mass is 152 g/mol. The Hall–Kier alpha value is -0.300. The van der Waals surface area contributed by atoms with E-state index in [0.717, 1.165) is 12.3 Å². The molecular weight excluding hydrogens is 136 g/mol. The van der Waals surface area contributed by atoms with Gasteiger partial charge in [-0.25, -0.2) is 0 Å². The summed E-state index contributed by atoms with van der Waals surface area (Å²) >= 11 is 0. The zero-order valence-electron chi connectivity index (χ0n) is 7.52. The lowest BCUT2D eigenvalue weighted by molar-refractivity contribution is -0.175. The van der Waals surface area contributed by atoms with Crippen LogP contribution < -0.4 is 0 Å². The third kappa shape index (κ3) is 0.610. The Morgan fingerprint density at radius 1 is 1.55 bits per heavy atom. The molecule has 3 aliphatic rings. The molecule has 0 saturated heterocycles. The van der Waals surface area contributed by atoms with Gasteiger partial charge in [0.05, 0.1) is 5.60 Å². The molecule has 1 saturated carbocycles. The molecular formula is C10H16O. The first-order valence-corrected chi connectivity index (χ1v) is 4.38. The highest BCUT2D eigenvalue weighted by Crippen LogP contribution is 2.61. The van der Waals surface area contributed by atoms with Crippen molar-refractivity contribution in [1.82, 2.24) is 0 Å². The van der Waals surface area contributed by atoms with Gasteiger partial charge in [-0.2, -0.15) is 0 Å². The second kappa shape index (κ2) is 1.71. The normalized spacial score (nSPS) is 46.2. The predicted octanol–water partition coefficient (Wildman–Crippen LogP) is 2.11. The third-order valence-corrected chi connectivity index (χ3v) is 3.99. The highest BCUT2D eigenvalue weighted by molar-refractivity contribution is 5.31. The van der Waals surface area contributed by atoms with Crippen molar-refractivity contribution in [1.29, 1.82) is 0 Å². The fraction of sp³-hybridized carbons (Fsp3) is 0.800. The maximum atomic E-state index is 10.2. The van der Waals surface area contributed by atoms with E-state index >= 15 is 0 Å². The van der Waals surface area contributed by atoms with Gasteiger partial charge < -0.3 is 5.11 Å². The Morgan fingerprint density at radius 2 is 2.18 bits per heavy atom. The summed E-state index contributed by atoms with van der Waals surface area (Å²) in [7, 11) is 0. The zero-order valence-corrected chi connectivity index (χ0v) is 7.52. The maximum Gasteiger partial charge on any atom is 0.0910 e. The van der Waals surface area contributed by atoms with Gasteiger partial charge in [0, 0.05) is 5.41 Å². The van der Waals surface area contributed by atoms with Crippen LogP contribution in [0.3, 0.4) is 0 Å². The minimum Gasteiger partial charge on any atom is -0.385 e. The fourth-order valence-electron chi connectivity index (χ4n) is 2.62. The molecule has 0 amide bonds. The molecule has 1 N–H and O–H groups in total. The average Bonchev–Trinajstić information content (AvgIpc) is 1.94. The minimum absolute atomic E-state index is 0.131. The summed E-state index contributed by atoms with van der Waals surface area (Å²) < 4.78 is 0. The molecule has 0 aliphatic heterocycles. The third-order valence-electron chi connectivity index (χ3n) is 3.99. The highest BCUT2D eigenvalue weighted by atomic mass is 16.3. The first-order valence-electron chi connectivity index (χ1n) is 4.38. The molecule has 1 nitrogen and oxygen atoms in total. The van der Waals surface area contributed by atoms with E-state index in [4.69, 9.17) is 0 Å². The van der Waals surface area contributed by atoms with Crippen LogP contribution in [0.5, 0.6) is 0 Å². The quantitative estimate of drug-likeness (QED) is 0.527. The first kappa shape index (κ1) is 7.35. The number of fused-ring (bicyclic) bond motifs is 1. The van der Waals surface area contributed by atoms with Crippen molar-refractivity contribution < 1.29 is 5.11 Å². The highest BCUT2D eigenvalue weighted by Gasteiger charge is 2.61. The van der Waals surface area contributed by atoms with Gasteiger partial charge in [-0.3, -0.25) is 0 Å². The second-order valence-corrected chi connectivity index (χ2v) is 4.61. The topological polar surface area (TPSA) is 20.2 Å². The lowest BCUT2D eigenvalue weighted by atomic mass is 9.46. The van der Waals surface area contributed by atoms with E-state index in [1.54, 1.807) is 0 Å². The maximum absolute atomic E-state index is 10.2. The van der Waals surface area contributed by atoms with E-state index in [2.05, 4.69) is 26.8 Å². The number of allylic oxidation sites excluding steroid dienone is 1. The van der Waals surface area contributed by atoms with Gasteiger partial charge in [-0.15, -0.1) is 0 Å². The summed E-state index contributed by atoms with van der Waals surface area (Å²) in [6.07, 6.45) is 4.35. The molecule has 2 atom stereocenters. The molecule has 1 heteroatoms. The Morgan fingerprint density at radius 3 is 2.55 bits per heavy atom. The lowest BCUT2D eigenvalue weighted by Gasteiger charge is -2.62. The standard InChI is InChI=1S/C10H16O/c1-7-4-5-8-6-10(7,11)9(8,2)3/h4,8,11H,5-6H2,1-3H3. The van der Waals surface area contributed by atoms with Crippen molar-refractivity contribution in [2.75, 3.05) is 0 Å². The van der Waals surface area contributed by atoms with Gasteiger partial charge >= 0.3 is 0 Å². The number of hydrogen-bond donors (Lipinski definition) is 1. The molecule has 2 bridgehead atoms. The van der Waals surface area contributed by atoms with Crippen LogP contribution in [0.4, 0.5) is 0 Å². The van der Waals surface area contributed by atoms with Gasteiger partial charge in [0.15, 0.2) is 0 Å². The van der Waals surface area contributed by atoms with E-state index in [0.29, 0.717) is 0 Å². The largest absolute Gasteiger partial charge is 0.385 e. The molecule has 2 unspecified atom stereocenters. The fourth-order valence-corrected chi connectivity index (χ4v) is 2.62. The number of rotatable bonds is 0. The first-order chi connectivity index (χ1) is 4.98. The van der Waals surface area contributed by atoms with Crippen LogP contribution >= 0.6 is 0 Å². The summed E-state index contributed by atoms with van der Waals surface area (Å²) in [5.74, 6) is 0.719. The van der Waals surface area contributed by atoms with Crippen LogP contribution in [0.15, 0.2) is 11.6 Å². The van der Waals surface area contributed by atoms with Gasteiger partial charge in [-0.1, -0.05) is 19.9 Å². The molecule has 0 radical (unpaired) electrons. The Balaban J connectivity index is 2.42. The molecule has 3 aliphatic carbocycles. The van der Waals surface area contributed by atoms with Crippen LogP contribution in [0, 0.1) is 11.3 Å². The van der Waals surface area contributed by atoms with Gasteiger partial charge in [-0.05, 0) is 31.3 Å². The van der Waals surface area contributed by atoms with Crippen molar-refractivity contribution in [2.45, 2.75) is 39.2 Å². The van der Waals surface area contributed by atoms with Crippen molar-refractivity contribution in [2.24, 2.45) is 11.3 Å². The van der Waals surface area contributed by atoms with Crippen LogP contribution in [0.25, 0.3) is 0 Å².